The predicted molar refractivity (Wildman–Crippen MR) is 77.1 cm³/mol. The third kappa shape index (κ3) is 4.76. The fourth-order valence-corrected chi connectivity index (χ4v) is 3.67. The minimum Gasteiger partial charge on any atom is -0.481 e. The molecule has 0 bridgehead atoms. The number of piperazine rings is 1. The maximum Gasteiger partial charge on any atom is 0.304 e. The van der Waals surface area contributed by atoms with E-state index in [0.29, 0.717) is 26.2 Å². The highest BCUT2D eigenvalue weighted by Crippen LogP contribution is 2.11. The van der Waals surface area contributed by atoms with E-state index in [0.717, 1.165) is 12.1 Å². The number of carboxylic acids is 1. The molecule has 2 heterocycles. The zero-order valence-corrected chi connectivity index (χ0v) is 12.5. The summed E-state index contributed by atoms with van der Waals surface area (Å²) in [6.07, 6.45) is 3.13. The molecule has 0 aromatic carbocycles. The smallest absolute Gasteiger partial charge is 0.304 e. The number of carbonyl (C=O) groups is 1. The van der Waals surface area contributed by atoms with Gasteiger partial charge in [-0.05, 0) is 17.7 Å². The zero-order valence-electron chi connectivity index (χ0n) is 11.7. The van der Waals surface area contributed by atoms with E-state index in [2.05, 4.69) is 9.88 Å². The summed E-state index contributed by atoms with van der Waals surface area (Å²) in [5, 5.41) is 8.59. The molecular formula is C13H19N3O4S. The van der Waals surface area contributed by atoms with Crippen LogP contribution >= 0.6 is 0 Å². The Morgan fingerprint density at radius 3 is 2.38 bits per heavy atom. The van der Waals surface area contributed by atoms with Gasteiger partial charge in [0, 0.05) is 45.1 Å². The molecule has 1 saturated heterocycles. The number of carboxylic acid groups (broad SMARTS) is 1. The van der Waals surface area contributed by atoms with Gasteiger partial charge >= 0.3 is 5.97 Å². The molecule has 0 unspecified atom stereocenters. The Morgan fingerprint density at radius 1 is 1.19 bits per heavy atom. The third-order valence-electron chi connectivity index (χ3n) is 3.45. The standard InChI is InChI=1S/C13H19N3O4S/c17-13(18)3-10-21(19,20)16-8-6-15(7-9-16)11-12-1-4-14-5-2-12/h1-2,4-5H,3,6-11H2,(H,17,18). The van der Waals surface area contributed by atoms with Crippen molar-refractivity contribution in [2.75, 3.05) is 31.9 Å². The molecule has 8 heteroatoms. The topological polar surface area (TPSA) is 90.8 Å². The van der Waals surface area contributed by atoms with Crippen LogP contribution in [0.3, 0.4) is 0 Å². The Hall–Kier alpha value is -1.51. The first-order valence-electron chi connectivity index (χ1n) is 6.78. The van der Waals surface area contributed by atoms with Gasteiger partial charge in [0.2, 0.25) is 10.0 Å². The molecule has 116 valence electrons. The Kier molecular flexibility index (Phi) is 5.27. The highest BCUT2D eigenvalue weighted by molar-refractivity contribution is 7.89. The first-order chi connectivity index (χ1) is 9.97. The minimum absolute atomic E-state index is 0.327. The highest BCUT2D eigenvalue weighted by atomic mass is 32.2. The molecule has 1 fully saturated rings. The molecule has 1 aliphatic heterocycles. The molecule has 1 aliphatic rings. The first-order valence-corrected chi connectivity index (χ1v) is 8.39. The van der Waals surface area contributed by atoms with E-state index >= 15 is 0 Å². The predicted octanol–water partition coefficient (Wildman–Crippen LogP) is 0.00370. The van der Waals surface area contributed by atoms with E-state index in [9.17, 15) is 13.2 Å². The van der Waals surface area contributed by atoms with Crippen molar-refractivity contribution < 1.29 is 18.3 Å². The largest absolute Gasteiger partial charge is 0.481 e. The molecule has 1 aromatic rings. The van der Waals surface area contributed by atoms with Crippen LogP contribution in [-0.2, 0) is 21.4 Å². The SMILES string of the molecule is O=C(O)CCS(=O)(=O)N1CCN(Cc2ccncc2)CC1. The second-order valence-corrected chi connectivity index (χ2v) is 7.08. The summed E-state index contributed by atoms with van der Waals surface area (Å²) in [4.78, 5) is 16.6. The molecule has 0 amide bonds. The van der Waals surface area contributed by atoms with Crippen LogP contribution in [0.1, 0.15) is 12.0 Å². The number of rotatable bonds is 6. The van der Waals surface area contributed by atoms with Gasteiger partial charge in [0.15, 0.2) is 0 Å². The van der Waals surface area contributed by atoms with Crippen LogP contribution in [-0.4, -0.2) is 65.6 Å². The van der Waals surface area contributed by atoms with Crippen molar-refractivity contribution in [2.24, 2.45) is 0 Å². The molecular weight excluding hydrogens is 294 g/mol. The van der Waals surface area contributed by atoms with Crippen LogP contribution in [0.15, 0.2) is 24.5 Å². The maximum absolute atomic E-state index is 12.0. The highest BCUT2D eigenvalue weighted by Gasteiger charge is 2.27. The molecule has 0 spiro atoms. The number of aliphatic carboxylic acids is 1. The van der Waals surface area contributed by atoms with Gasteiger partial charge in [-0.3, -0.25) is 14.7 Å². The summed E-state index contributed by atoms with van der Waals surface area (Å²) < 4.78 is 25.4. The van der Waals surface area contributed by atoms with E-state index in [4.69, 9.17) is 5.11 Å². The lowest BCUT2D eigenvalue weighted by atomic mass is 10.2. The van der Waals surface area contributed by atoms with Crippen LogP contribution < -0.4 is 0 Å². The molecule has 2 rings (SSSR count). The van der Waals surface area contributed by atoms with Gasteiger partial charge in [-0.1, -0.05) is 0 Å². The fourth-order valence-electron chi connectivity index (χ4n) is 2.26. The van der Waals surface area contributed by atoms with Gasteiger partial charge < -0.3 is 5.11 Å². The lowest BCUT2D eigenvalue weighted by Crippen LogP contribution is -2.48. The van der Waals surface area contributed by atoms with Gasteiger partial charge in [-0.15, -0.1) is 0 Å². The van der Waals surface area contributed by atoms with Gasteiger partial charge in [-0.2, -0.15) is 4.31 Å². The lowest BCUT2D eigenvalue weighted by Gasteiger charge is -2.33. The van der Waals surface area contributed by atoms with Crippen molar-refractivity contribution in [3.05, 3.63) is 30.1 Å². The van der Waals surface area contributed by atoms with Gasteiger partial charge in [-0.25, -0.2) is 8.42 Å². The average molecular weight is 313 g/mol. The molecule has 0 radical (unpaired) electrons. The van der Waals surface area contributed by atoms with Crippen molar-refractivity contribution in [1.82, 2.24) is 14.2 Å². The number of hydrogen-bond acceptors (Lipinski definition) is 5. The fraction of sp³-hybridized carbons (Fsp3) is 0.538. The molecule has 0 saturated carbocycles. The van der Waals surface area contributed by atoms with Crippen molar-refractivity contribution in [3.8, 4) is 0 Å². The Balaban J connectivity index is 1.84. The number of hydrogen-bond donors (Lipinski definition) is 1. The quantitative estimate of drug-likeness (QED) is 0.795. The van der Waals surface area contributed by atoms with Crippen LogP contribution in [0.4, 0.5) is 0 Å². The number of aromatic nitrogens is 1. The second-order valence-electron chi connectivity index (χ2n) is 4.99. The van der Waals surface area contributed by atoms with E-state index in [1.807, 2.05) is 12.1 Å². The Bertz CT molecular complexity index is 568. The minimum atomic E-state index is -3.46. The van der Waals surface area contributed by atoms with Crippen molar-refractivity contribution in [1.29, 1.82) is 0 Å². The van der Waals surface area contributed by atoms with Gasteiger partial charge in [0.1, 0.15) is 0 Å². The molecule has 0 aliphatic carbocycles. The van der Waals surface area contributed by atoms with Gasteiger partial charge in [0.05, 0.1) is 12.2 Å². The maximum atomic E-state index is 12.0. The van der Waals surface area contributed by atoms with Crippen LogP contribution in [0.25, 0.3) is 0 Å². The van der Waals surface area contributed by atoms with E-state index < -0.39 is 16.0 Å². The summed E-state index contributed by atoms with van der Waals surface area (Å²) in [5.41, 5.74) is 1.15. The third-order valence-corrected chi connectivity index (χ3v) is 5.33. The molecule has 1 aromatic heterocycles. The average Bonchev–Trinajstić information content (AvgIpc) is 2.47. The van der Waals surface area contributed by atoms with Crippen molar-refractivity contribution in [2.45, 2.75) is 13.0 Å². The number of pyridine rings is 1. The lowest BCUT2D eigenvalue weighted by molar-refractivity contribution is -0.136. The number of nitrogens with zero attached hydrogens (tertiary/aromatic N) is 3. The van der Waals surface area contributed by atoms with Crippen LogP contribution in [0.2, 0.25) is 0 Å². The summed E-state index contributed by atoms with van der Waals surface area (Å²) >= 11 is 0. The van der Waals surface area contributed by atoms with E-state index in [1.165, 1.54) is 4.31 Å². The van der Waals surface area contributed by atoms with Crippen LogP contribution in [0.5, 0.6) is 0 Å². The van der Waals surface area contributed by atoms with E-state index in [1.54, 1.807) is 12.4 Å². The molecule has 7 nitrogen and oxygen atoms in total. The van der Waals surface area contributed by atoms with Crippen molar-refractivity contribution >= 4 is 16.0 Å². The van der Waals surface area contributed by atoms with Crippen molar-refractivity contribution in [3.63, 3.8) is 0 Å². The Morgan fingerprint density at radius 2 is 1.81 bits per heavy atom. The summed E-state index contributed by atoms with van der Waals surface area (Å²) in [5.74, 6) is -1.41. The van der Waals surface area contributed by atoms with Crippen LogP contribution in [0, 0.1) is 0 Å². The monoisotopic (exact) mass is 313 g/mol. The van der Waals surface area contributed by atoms with E-state index in [-0.39, 0.29) is 12.2 Å². The normalized spacial score (nSPS) is 17.7. The molecule has 1 N–H and O–H groups in total. The zero-order chi connectivity index (χ0) is 15.3. The summed E-state index contributed by atoms with van der Waals surface area (Å²) in [6, 6.07) is 3.88. The number of sulfonamides is 1. The Labute approximate surface area is 124 Å². The summed E-state index contributed by atoms with van der Waals surface area (Å²) in [6.45, 7) is 2.88. The molecule has 21 heavy (non-hydrogen) atoms. The summed E-state index contributed by atoms with van der Waals surface area (Å²) in [7, 11) is -3.46. The molecule has 0 atom stereocenters. The first kappa shape index (κ1) is 15.9. The second kappa shape index (κ2) is 6.97. The van der Waals surface area contributed by atoms with Gasteiger partial charge in [0.25, 0.3) is 0 Å².